The van der Waals surface area contributed by atoms with Crippen molar-refractivity contribution in [1.82, 2.24) is 19.7 Å². The van der Waals surface area contributed by atoms with Crippen LogP contribution in [0.3, 0.4) is 0 Å². The van der Waals surface area contributed by atoms with Crippen molar-refractivity contribution >= 4 is 63.3 Å². The average Bonchev–Trinajstić information content (AvgIpc) is 3.29. The Balaban J connectivity index is 1.68. The number of hydrogen-bond donors (Lipinski definition) is 1. The van der Waals surface area contributed by atoms with Crippen molar-refractivity contribution in [2.75, 3.05) is 17.7 Å². The standard InChI is InChI=1S/C19H19Cl2N5O3S2/c1-4-26-16(12-7-6-11(20)8-13(12)21)24-25-19(26)30-9-14(27)23-18-22-10(3)15(31-18)17(28)29-5-2/h6-8H,4-5,9H2,1-3H3,(H,22,23,27). The fraction of sp³-hybridized carbons (Fsp3) is 0.316. The Morgan fingerprint density at radius 3 is 2.71 bits per heavy atom. The maximum absolute atomic E-state index is 12.4. The molecule has 3 rings (SSSR count). The third kappa shape index (κ3) is 5.57. The Hall–Kier alpha value is -2.14. The van der Waals surface area contributed by atoms with Crippen LogP contribution >= 0.6 is 46.3 Å². The molecule has 2 heterocycles. The molecular formula is C19H19Cl2N5O3S2. The molecule has 1 N–H and O–H groups in total. The molecule has 1 amide bonds. The number of benzene rings is 1. The van der Waals surface area contributed by atoms with Crippen LogP contribution in [-0.4, -0.2) is 44.0 Å². The van der Waals surface area contributed by atoms with Gasteiger partial charge in [-0.05, 0) is 39.0 Å². The van der Waals surface area contributed by atoms with Gasteiger partial charge in [0.05, 0.1) is 23.1 Å². The summed E-state index contributed by atoms with van der Waals surface area (Å²) in [4.78, 5) is 28.9. The molecule has 0 atom stereocenters. The van der Waals surface area contributed by atoms with E-state index < -0.39 is 5.97 Å². The molecule has 8 nitrogen and oxygen atoms in total. The normalized spacial score (nSPS) is 10.9. The maximum atomic E-state index is 12.4. The van der Waals surface area contributed by atoms with Gasteiger partial charge in [-0.2, -0.15) is 0 Å². The highest BCUT2D eigenvalue weighted by atomic mass is 35.5. The Bertz CT molecular complexity index is 1120. The number of hydrogen-bond acceptors (Lipinski definition) is 8. The van der Waals surface area contributed by atoms with Gasteiger partial charge < -0.3 is 14.6 Å². The van der Waals surface area contributed by atoms with Crippen molar-refractivity contribution in [3.8, 4) is 11.4 Å². The maximum Gasteiger partial charge on any atom is 0.350 e. The van der Waals surface area contributed by atoms with Gasteiger partial charge in [0.15, 0.2) is 16.1 Å². The second kappa shape index (κ2) is 10.4. The predicted molar refractivity (Wildman–Crippen MR) is 123 cm³/mol. The lowest BCUT2D eigenvalue weighted by Crippen LogP contribution is -2.14. The summed E-state index contributed by atoms with van der Waals surface area (Å²) < 4.78 is 6.87. The third-order valence-electron chi connectivity index (χ3n) is 4.04. The van der Waals surface area contributed by atoms with Crippen LogP contribution in [0.1, 0.15) is 29.2 Å². The number of carbonyl (C=O) groups is 2. The van der Waals surface area contributed by atoms with Gasteiger partial charge in [0.1, 0.15) is 4.88 Å². The van der Waals surface area contributed by atoms with Gasteiger partial charge in [-0.25, -0.2) is 9.78 Å². The first-order valence-electron chi connectivity index (χ1n) is 9.29. The van der Waals surface area contributed by atoms with Gasteiger partial charge in [0.25, 0.3) is 0 Å². The van der Waals surface area contributed by atoms with Gasteiger partial charge in [0, 0.05) is 17.1 Å². The van der Waals surface area contributed by atoms with Crippen LogP contribution in [0, 0.1) is 6.92 Å². The highest BCUT2D eigenvalue weighted by Crippen LogP contribution is 2.31. The lowest BCUT2D eigenvalue weighted by Gasteiger charge is -2.08. The first kappa shape index (κ1) is 23.5. The number of rotatable bonds is 8. The van der Waals surface area contributed by atoms with Gasteiger partial charge in [-0.3, -0.25) is 4.79 Å². The van der Waals surface area contributed by atoms with E-state index in [4.69, 9.17) is 27.9 Å². The van der Waals surface area contributed by atoms with Crippen molar-refractivity contribution in [2.24, 2.45) is 0 Å². The molecule has 0 radical (unpaired) electrons. The second-order valence-electron chi connectivity index (χ2n) is 6.17. The largest absolute Gasteiger partial charge is 0.462 e. The number of esters is 1. The van der Waals surface area contributed by atoms with Gasteiger partial charge in [0.2, 0.25) is 5.91 Å². The van der Waals surface area contributed by atoms with E-state index in [1.165, 1.54) is 11.8 Å². The minimum Gasteiger partial charge on any atom is -0.462 e. The van der Waals surface area contributed by atoms with Gasteiger partial charge >= 0.3 is 5.97 Å². The molecule has 2 aromatic heterocycles. The van der Waals surface area contributed by atoms with Crippen molar-refractivity contribution in [2.45, 2.75) is 32.5 Å². The molecule has 31 heavy (non-hydrogen) atoms. The molecule has 3 aromatic rings. The summed E-state index contributed by atoms with van der Waals surface area (Å²) in [6.45, 7) is 6.25. The SMILES string of the molecule is CCOC(=O)c1sc(NC(=O)CSc2nnc(-c3ccc(Cl)cc3Cl)n2CC)nc1C. The predicted octanol–water partition coefficient (Wildman–Crippen LogP) is 4.94. The molecule has 0 saturated heterocycles. The number of ether oxygens (including phenoxy) is 1. The number of thioether (sulfide) groups is 1. The Morgan fingerprint density at radius 1 is 1.26 bits per heavy atom. The van der Waals surface area contributed by atoms with Crippen LogP contribution in [0.15, 0.2) is 23.4 Å². The molecule has 0 saturated carbocycles. The van der Waals surface area contributed by atoms with E-state index in [0.29, 0.717) is 48.8 Å². The highest BCUT2D eigenvalue weighted by Gasteiger charge is 2.19. The molecule has 12 heteroatoms. The molecule has 164 valence electrons. The zero-order chi connectivity index (χ0) is 22.5. The summed E-state index contributed by atoms with van der Waals surface area (Å²) in [7, 11) is 0. The molecule has 0 spiro atoms. The number of carbonyl (C=O) groups excluding carboxylic acids is 2. The van der Waals surface area contributed by atoms with E-state index in [0.717, 1.165) is 11.3 Å². The second-order valence-corrected chi connectivity index (χ2v) is 8.95. The van der Waals surface area contributed by atoms with Crippen LogP contribution < -0.4 is 5.32 Å². The Labute approximate surface area is 197 Å². The first-order chi connectivity index (χ1) is 14.8. The van der Waals surface area contributed by atoms with Crippen LogP contribution in [0.2, 0.25) is 10.0 Å². The van der Waals surface area contributed by atoms with Gasteiger partial charge in [-0.1, -0.05) is 46.3 Å². The number of aryl methyl sites for hydroxylation is 1. The summed E-state index contributed by atoms with van der Waals surface area (Å²) in [6.07, 6.45) is 0. The van der Waals surface area contributed by atoms with Crippen molar-refractivity contribution < 1.29 is 14.3 Å². The molecule has 0 aliphatic rings. The number of aromatic nitrogens is 4. The van der Waals surface area contributed by atoms with E-state index in [1.54, 1.807) is 32.0 Å². The molecule has 0 aliphatic heterocycles. The minimum absolute atomic E-state index is 0.0971. The topological polar surface area (TPSA) is 99.0 Å². The average molecular weight is 500 g/mol. The number of thiazole rings is 1. The lowest BCUT2D eigenvalue weighted by molar-refractivity contribution is -0.113. The van der Waals surface area contributed by atoms with Gasteiger partial charge in [-0.15, -0.1) is 10.2 Å². The fourth-order valence-electron chi connectivity index (χ4n) is 2.67. The van der Waals surface area contributed by atoms with Crippen LogP contribution in [0.4, 0.5) is 5.13 Å². The smallest absolute Gasteiger partial charge is 0.350 e. The lowest BCUT2D eigenvalue weighted by atomic mass is 10.2. The number of anilines is 1. The third-order valence-corrected chi connectivity index (χ3v) is 6.61. The van der Waals surface area contributed by atoms with Crippen LogP contribution in [0.5, 0.6) is 0 Å². The van der Waals surface area contributed by atoms with E-state index in [1.807, 2.05) is 11.5 Å². The number of nitrogens with one attached hydrogen (secondary N) is 1. The molecule has 1 aromatic carbocycles. The first-order valence-corrected chi connectivity index (χ1v) is 11.9. The Kier molecular flexibility index (Phi) is 7.93. The summed E-state index contributed by atoms with van der Waals surface area (Å²) in [5, 5.41) is 13.1. The van der Waals surface area contributed by atoms with E-state index in [2.05, 4.69) is 20.5 Å². The minimum atomic E-state index is -0.447. The quantitative estimate of drug-likeness (QED) is 0.345. The molecule has 0 unspecified atom stereocenters. The zero-order valence-corrected chi connectivity index (χ0v) is 20.1. The number of nitrogens with zero attached hydrogens (tertiary/aromatic N) is 4. The molecule has 0 bridgehead atoms. The van der Waals surface area contributed by atoms with Crippen molar-refractivity contribution in [3.05, 3.63) is 38.8 Å². The fourth-order valence-corrected chi connectivity index (χ4v) is 4.84. The number of halogens is 2. The monoisotopic (exact) mass is 499 g/mol. The van der Waals surface area contributed by atoms with E-state index in [-0.39, 0.29) is 18.3 Å². The zero-order valence-electron chi connectivity index (χ0n) is 16.9. The van der Waals surface area contributed by atoms with E-state index >= 15 is 0 Å². The number of amides is 1. The molecule has 0 fully saturated rings. The van der Waals surface area contributed by atoms with Crippen molar-refractivity contribution in [1.29, 1.82) is 0 Å². The summed E-state index contributed by atoms with van der Waals surface area (Å²) >= 11 is 14.6. The molecule has 0 aliphatic carbocycles. The summed E-state index contributed by atoms with van der Waals surface area (Å²) in [5.74, 6) is -0.0239. The highest BCUT2D eigenvalue weighted by molar-refractivity contribution is 7.99. The van der Waals surface area contributed by atoms with Crippen LogP contribution in [-0.2, 0) is 16.1 Å². The summed E-state index contributed by atoms with van der Waals surface area (Å²) in [6, 6.07) is 5.17. The van der Waals surface area contributed by atoms with Crippen molar-refractivity contribution in [3.63, 3.8) is 0 Å². The molecular weight excluding hydrogens is 481 g/mol. The summed E-state index contributed by atoms with van der Waals surface area (Å²) in [5.41, 5.74) is 1.23. The Morgan fingerprint density at radius 2 is 2.03 bits per heavy atom. The van der Waals surface area contributed by atoms with E-state index in [9.17, 15) is 9.59 Å². The van der Waals surface area contributed by atoms with Crippen LogP contribution in [0.25, 0.3) is 11.4 Å².